The van der Waals surface area contributed by atoms with Gasteiger partial charge < -0.3 is 11.1 Å². The second-order valence-electron chi connectivity index (χ2n) is 6.44. The van der Waals surface area contributed by atoms with Gasteiger partial charge in [0.1, 0.15) is 10.8 Å². The van der Waals surface area contributed by atoms with Crippen LogP contribution in [0.5, 0.6) is 0 Å². The molecule has 1 saturated carbocycles. The van der Waals surface area contributed by atoms with E-state index in [4.69, 9.17) is 18.0 Å². The van der Waals surface area contributed by atoms with Crippen LogP contribution in [0.15, 0.2) is 18.2 Å². The van der Waals surface area contributed by atoms with Gasteiger partial charge in [0.2, 0.25) is 0 Å². The molecular weight excluding hydrogens is 259 g/mol. The van der Waals surface area contributed by atoms with Crippen molar-refractivity contribution in [1.29, 1.82) is 0 Å². The monoisotopic (exact) mass is 280 g/mol. The summed E-state index contributed by atoms with van der Waals surface area (Å²) < 4.78 is 13.9. The Hall–Kier alpha value is -1.16. The van der Waals surface area contributed by atoms with Gasteiger partial charge in [-0.1, -0.05) is 39.9 Å². The maximum Gasteiger partial charge on any atom is 0.146 e. The fourth-order valence-corrected chi connectivity index (χ4v) is 2.99. The van der Waals surface area contributed by atoms with Crippen LogP contribution >= 0.6 is 12.2 Å². The standard InChI is InChI=1S/C15H21FN2S/c1-14(2)12(15(14,3)4)8-18-11-6-5-9(13(17)19)7-10(11)16/h5-7,12,18H,8H2,1-4H3,(H2,17,19). The minimum absolute atomic E-state index is 0.218. The Morgan fingerprint density at radius 3 is 2.32 bits per heavy atom. The number of halogens is 1. The number of hydrogen-bond donors (Lipinski definition) is 2. The highest BCUT2D eigenvalue weighted by atomic mass is 32.1. The molecule has 1 aromatic rings. The molecule has 0 heterocycles. The molecule has 1 aliphatic rings. The fourth-order valence-electron chi connectivity index (χ4n) is 2.87. The van der Waals surface area contributed by atoms with E-state index in [9.17, 15) is 4.39 Å². The Morgan fingerprint density at radius 1 is 1.32 bits per heavy atom. The van der Waals surface area contributed by atoms with Gasteiger partial charge in [-0.25, -0.2) is 4.39 Å². The lowest BCUT2D eigenvalue weighted by Gasteiger charge is -2.10. The second kappa shape index (κ2) is 4.44. The van der Waals surface area contributed by atoms with Gasteiger partial charge >= 0.3 is 0 Å². The molecule has 104 valence electrons. The molecule has 0 atom stereocenters. The summed E-state index contributed by atoms with van der Waals surface area (Å²) in [5, 5.41) is 3.19. The largest absolute Gasteiger partial charge is 0.389 e. The Labute approximate surface area is 119 Å². The van der Waals surface area contributed by atoms with Gasteiger partial charge in [0, 0.05) is 12.1 Å². The zero-order chi connectivity index (χ0) is 14.4. The number of nitrogens with two attached hydrogens (primary N) is 1. The quantitative estimate of drug-likeness (QED) is 0.828. The summed E-state index contributed by atoms with van der Waals surface area (Å²) in [5.41, 5.74) is 7.15. The van der Waals surface area contributed by atoms with Gasteiger partial charge in [-0.2, -0.15) is 0 Å². The molecule has 0 amide bonds. The van der Waals surface area contributed by atoms with Crippen LogP contribution in [0.2, 0.25) is 0 Å². The van der Waals surface area contributed by atoms with E-state index in [1.807, 2.05) is 0 Å². The van der Waals surface area contributed by atoms with E-state index in [-0.39, 0.29) is 10.8 Å². The lowest BCUT2D eigenvalue weighted by molar-refractivity contribution is 0.457. The van der Waals surface area contributed by atoms with Crippen molar-refractivity contribution in [3.63, 3.8) is 0 Å². The van der Waals surface area contributed by atoms with Crippen LogP contribution in [0.25, 0.3) is 0 Å². The summed E-state index contributed by atoms with van der Waals surface area (Å²) in [6.45, 7) is 9.80. The summed E-state index contributed by atoms with van der Waals surface area (Å²) in [6.07, 6.45) is 0. The molecule has 2 nitrogen and oxygen atoms in total. The lowest BCUT2D eigenvalue weighted by Crippen LogP contribution is -2.12. The molecule has 4 heteroatoms. The fraction of sp³-hybridized carbons (Fsp3) is 0.533. The van der Waals surface area contributed by atoms with E-state index >= 15 is 0 Å². The Bertz CT molecular complexity index is 509. The smallest absolute Gasteiger partial charge is 0.146 e. The molecule has 1 fully saturated rings. The topological polar surface area (TPSA) is 38.0 Å². The Kier molecular flexibility index (Phi) is 3.33. The SMILES string of the molecule is CC1(C)C(CNc2ccc(C(N)=S)cc2F)C1(C)C. The second-order valence-corrected chi connectivity index (χ2v) is 6.88. The van der Waals surface area contributed by atoms with E-state index in [0.717, 1.165) is 6.54 Å². The van der Waals surface area contributed by atoms with Crippen molar-refractivity contribution in [3.05, 3.63) is 29.6 Å². The maximum absolute atomic E-state index is 13.9. The van der Waals surface area contributed by atoms with Crippen LogP contribution < -0.4 is 11.1 Å². The molecule has 19 heavy (non-hydrogen) atoms. The van der Waals surface area contributed by atoms with E-state index in [1.165, 1.54) is 6.07 Å². The molecule has 1 aromatic carbocycles. The summed E-state index contributed by atoms with van der Waals surface area (Å²) in [6, 6.07) is 4.83. The number of anilines is 1. The van der Waals surface area contributed by atoms with Gasteiger partial charge in [-0.3, -0.25) is 0 Å². The van der Waals surface area contributed by atoms with Gasteiger partial charge in [0.25, 0.3) is 0 Å². The van der Waals surface area contributed by atoms with Crippen molar-refractivity contribution in [2.75, 3.05) is 11.9 Å². The molecule has 1 aliphatic carbocycles. The van der Waals surface area contributed by atoms with Crippen LogP contribution in [0.3, 0.4) is 0 Å². The number of benzene rings is 1. The maximum atomic E-state index is 13.9. The van der Waals surface area contributed by atoms with Crippen molar-refractivity contribution in [1.82, 2.24) is 0 Å². The summed E-state index contributed by atoms with van der Waals surface area (Å²) >= 11 is 4.83. The molecule has 0 aliphatic heterocycles. The zero-order valence-corrected chi connectivity index (χ0v) is 12.7. The first-order valence-electron chi connectivity index (χ1n) is 6.51. The average Bonchev–Trinajstić information content (AvgIpc) is 2.68. The van der Waals surface area contributed by atoms with E-state index in [2.05, 4.69) is 33.0 Å². The third-order valence-electron chi connectivity index (χ3n) is 5.07. The highest BCUT2D eigenvalue weighted by Crippen LogP contribution is 2.68. The number of thiocarbonyl (C=S) groups is 1. The molecule has 0 spiro atoms. The molecule has 0 aromatic heterocycles. The summed E-state index contributed by atoms with van der Waals surface area (Å²) in [7, 11) is 0. The third-order valence-corrected chi connectivity index (χ3v) is 5.31. The highest BCUT2D eigenvalue weighted by molar-refractivity contribution is 7.80. The molecule has 3 N–H and O–H groups in total. The minimum atomic E-state index is -0.304. The summed E-state index contributed by atoms with van der Waals surface area (Å²) in [4.78, 5) is 0.218. The van der Waals surface area contributed by atoms with Crippen LogP contribution in [0, 0.1) is 22.6 Å². The highest BCUT2D eigenvalue weighted by Gasteiger charge is 2.64. The predicted octanol–water partition coefficient (Wildman–Crippen LogP) is 3.55. The van der Waals surface area contributed by atoms with Crippen molar-refractivity contribution >= 4 is 22.9 Å². The van der Waals surface area contributed by atoms with Gasteiger partial charge in [-0.05, 0) is 34.9 Å². The number of hydrogen-bond acceptors (Lipinski definition) is 2. The molecule has 0 unspecified atom stereocenters. The Morgan fingerprint density at radius 2 is 1.89 bits per heavy atom. The van der Waals surface area contributed by atoms with Gasteiger partial charge in [0.15, 0.2) is 0 Å². The number of rotatable bonds is 4. The van der Waals surface area contributed by atoms with Crippen LogP contribution in [-0.4, -0.2) is 11.5 Å². The van der Waals surface area contributed by atoms with Crippen molar-refractivity contribution in [3.8, 4) is 0 Å². The first-order valence-corrected chi connectivity index (χ1v) is 6.92. The normalized spacial score (nSPS) is 20.1. The van der Waals surface area contributed by atoms with Gasteiger partial charge in [0.05, 0.1) is 5.69 Å². The third kappa shape index (κ3) is 2.34. The molecule has 0 bridgehead atoms. The van der Waals surface area contributed by atoms with E-state index in [1.54, 1.807) is 12.1 Å². The van der Waals surface area contributed by atoms with Crippen molar-refractivity contribution in [2.24, 2.45) is 22.5 Å². The van der Waals surface area contributed by atoms with Gasteiger partial charge in [-0.15, -0.1) is 0 Å². The first kappa shape index (κ1) is 14.3. The van der Waals surface area contributed by atoms with E-state index in [0.29, 0.717) is 28.0 Å². The summed E-state index contributed by atoms with van der Waals surface area (Å²) in [5.74, 6) is 0.247. The zero-order valence-electron chi connectivity index (χ0n) is 11.9. The lowest BCUT2D eigenvalue weighted by atomic mass is 10.0. The molecular formula is C15H21FN2S. The first-order chi connectivity index (χ1) is 8.68. The molecule has 0 saturated heterocycles. The van der Waals surface area contributed by atoms with E-state index < -0.39 is 0 Å². The minimum Gasteiger partial charge on any atom is -0.389 e. The van der Waals surface area contributed by atoms with Crippen molar-refractivity contribution < 1.29 is 4.39 Å². The average molecular weight is 280 g/mol. The van der Waals surface area contributed by atoms with Crippen LogP contribution in [0.4, 0.5) is 10.1 Å². The van der Waals surface area contributed by atoms with Crippen molar-refractivity contribution in [2.45, 2.75) is 27.7 Å². The molecule has 0 radical (unpaired) electrons. The van der Waals surface area contributed by atoms with Crippen LogP contribution in [0.1, 0.15) is 33.3 Å². The number of nitrogens with one attached hydrogen (secondary N) is 1. The van der Waals surface area contributed by atoms with Crippen LogP contribution in [-0.2, 0) is 0 Å². The molecule has 2 rings (SSSR count). The predicted molar refractivity (Wildman–Crippen MR) is 81.8 cm³/mol. The Balaban J connectivity index is 2.04.